The Balaban J connectivity index is 2.59. The van der Waals surface area contributed by atoms with Crippen molar-refractivity contribution >= 4 is 35.1 Å². The van der Waals surface area contributed by atoms with Crippen LogP contribution in [-0.2, 0) is 0 Å². The molecule has 18 heavy (non-hydrogen) atoms. The van der Waals surface area contributed by atoms with Gasteiger partial charge in [-0.15, -0.1) is 0 Å². The van der Waals surface area contributed by atoms with Gasteiger partial charge in [0, 0.05) is 12.2 Å². The Morgan fingerprint density at radius 1 is 1.67 bits per heavy atom. The van der Waals surface area contributed by atoms with Crippen LogP contribution in [0.4, 0.5) is 5.82 Å². The second-order valence-corrected chi connectivity index (χ2v) is 5.69. The van der Waals surface area contributed by atoms with Gasteiger partial charge in [-0.2, -0.15) is 11.8 Å². The van der Waals surface area contributed by atoms with Gasteiger partial charge >= 0.3 is 5.97 Å². The third-order valence-electron chi connectivity index (χ3n) is 2.37. The van der Waals surface area contributed by atoms with Gasteiger partial charge in [0.1, 0.15) is 5.82 Å². The van der Waals surface area contributed by atoms with Gasteiger partial charge in [-0.1, -0.05) is 18.5 Å². The average Bonchev–Trinajstić information content (AvgIpc) is 2.32. The molecule has 1 aromatic heterocycles. The van der Waals surface area contributed by atoms with Crippen molar-refractivity contribution < 1.29 is 9.90 Å². The first-order valence-electron chi connectivity index (χ1n) is 5.77. The number of carboxylic acids is 1. The fourth-order valence-electron chi connectivity index (χ4n) is 1.37. The largest absolute Gasteiger partial charge is 0.478 e. The van der Waals surface area contributed by atoms with Gasteiger partial charge in [-0.25, -0.2) is 9.78 Å². The Morgan fingerprint density at radius 2 is 2.39 bits per heavy atom. The van der Waals surface area contributed by atoms with E-state index in [4.69, 9.17) is 16.7 Å². The summed E-state index contributed by atoms with van der Waals surface area (Å²) in [7, 11) is 0. The van der Waals surface area contributed by atoms with Gasteiger partial charge in [-0.3, -0.25) is 0 Å². The number of hydrogen-bond acceptors (Lipinski definition) is 4. The third kappa shape index (κ3) is 4.74. The highest BCUT2D eigenvalue weighted by atomic mass is 35.5. The standard InChI is InChI=1S/C12H17ClN2O2S/c1-3-18-5-4-8(2)15-11-10(13)6-9(7-14-11)12(16)17/h6-8H,3-5H2,1-2H3,(H,14,15)(H,16,17). The molecule has 0 aliphatic carbocycles. The molecule has 100 valence electrons. The number of rotatable bonds is 7. The van der Waals surface area contributed by atoms with Crippen molar-refractivity contribution in [3.8, 4) is 0 Å². The number of thioether (sulfide) groups is 1. The zero-order valence-electron chi connectivity index (χ0n) is 10.4. The van der Waals surface area contributed by atoms with Crippen molar-refractivity contribution in [2.45, 2.75) is 26.3 Å². The van der Waals surface area contributed by atoms with E-state index in [1.165, 1.54) is 12.3 Å². The molecule has 1 unspecified atom stereocenters. The molecule has 4 nitrogen and oxygen atoms in total. The van der Waals surface area contributed by atoms with E-state index in [9.17, 15) is 4.79 Å². The van der Waals surface area contributed by atoms with Crippen molar-refractivity contribution in [2.75, 3.05) is 16.8 Å². The van der Waals surface area contributed by atoms with Crippen molar-refractivity contribution in [3.63, 3.8) is 0 Å². The van der Waals surface area contributed by atoms with Crippen LogP contribution < -0.4 is 5.32 Å². The number of carbonyl (C=O) groups is 1. The maximum atomic E-state index is 10.7. The fourth-order valence-corrected chi connectivity index (χ4v) is 2.40. The summed E-state index contributed by atoms with van der Waals surface area (Å²) >= 11 is 7.87. The van der Waals surface area contributed by atoms with Crippen LogP contribution in [0.3, 0.4) is 0 Å². The van der Waals surface area contributed by atoms with E-state index in [1.54, 1.807) is 0 Å². The summed E-state index contributed by atoms with van der Waals surface area (Å²) in [6, 6.07) is 1.66. The van der Waals surface area contributed by atoms with E-state index in [2.05, 4.69) is 24.1 Å². The van der Waals surface area contributed by atoms with E-state index in [1.807, 2.05) is 11.8 Å². The monoisotopic (exact) mass is 288 g/mol. The minimum Gasteiger partial charge on any atom is -0.478 e. The Labute approximate surface area is 116 Å². The molecular weight excluding hydrogens is 272 g/mol. The van der Waals surface area contributed by atoms with Crippen LogP contribution in [0.2, 0.25) is 5.02 Å². The second-order valence-electron chi connectivity index (χ2n) is 3.89. The number of hydrogen-bond donors (Lipinski definition) is 2. The highest BCUT2D eigenvalue weighted by Crippen LogP contribution is 2.21. The maximum Gasteiger partial charge on any atom is 0.337 e. The molecule has 6 heteroatoms. The maximum absolute atomic E-state index is 10.7. The topological polar surface area (TPSA) is 62.2 Å². The van der Waals surface area contributed by atoms with E-state index in [0.717, 1.165) is 17.9 Å². The molecule has 1 heterocycles. The Morgan fingerprint density at radius 3 is 2.94 bits per heavy atom. The summed E-state index contributed by atoms with van der Waals surface area (Å²) in [4.78, 5) is 14.8. The van der Waals surface area contributed by atoms with Crippen LogP contribution in [0.15, 0.2) is 12.3 Å². The first-order chi connectivity index (χ1) is 8.54. The molecular formula is C12H17ClN2O2S. The van der Waals surface area contributed by atoms with Gasteiger partial charge in [0.2, 0.25) is 0 Å². The average molecular weight is 289 g/mol. The molecule has 0 radical (unpaired) electrons. The third-order valence-corrected chi connectivity index (χ3v) is 3.59. The number of nitrogens with zero attached hydrogens (tertiary/aromatic N) is 1. The molecule has 0 bridgehead atoms. The summed E-state index contributed by atoms with van der Waals surface area (Å²) in [5, 5.41) is 12.3. The summed E-state index contributed by atoms with van der Waals surface area (Å²) in [5.74, 6) is 1.70. The first kappa shape index (κ1) is 15.1. The lowest BCUT2D eigenvalue weighted by molar-refractivity contribution is 0.0696. The van der Waals surface area contributed by atoms with Gasteiger partial charge in [0.05, 0.1) is 10.6 Å². The Hall–Kier alpha value is -0.940. The smallest absolute Gasteiger partial charge is 0.337 e. The van der Waals surface area contributed by atoms with Crippen molar-refractivity contribution in [1.29, 1.82) is 0 Å². The minimum atomic E-state index is -1.02. The Kier molecular flexibility index (Phi) is 6.29. The molecule has 0 saturated heterocycles. The van der Waals surface area contributed by atoms with E-state index in [-0.39, 0.29) is 11.6 Å². The molecule has 0 amide bonds. The van der Waals surface area contributed by atoms with E-state index >= 15 is 0 Å². The summed E-state index contributed by atoms with van der Waals surface area (Å²) in [6.07, 6.45) is 2.32. The summed E-state index contributed by atoms with van der Waals surface area (Å²) in [5.41, 5.74) is 0.0970. The normalized spacial score (nSPS) is 12.2. The molecule has 0 spiro atoms. The number of halogens is 1. The van der Waals surface area contributed by atoms with Gasteiger partial charge < -0.3 is 10.4 Å². The zero-order chi connectivity index (χ0) is 13.5. The summed E-state index contributed by atoms with van der Waals surface area (Å²) < 4.78 is 0. The number of aromatic nitrogens is 1. The van der Waals surface area contributed by atoms with Crippen LogP contribution in [-0.4, -0.2) is 33.6 Å². The SMILES string of the molecule is CCSCCC(C)Nc1ncc(C(=O)O)cc1Cl. The fraction of sp³-hybridized carbons (Fsp3) is 0.500. The molecule has 0 aliphatic heterocycles. The second kappa shape index (κ2) is 7.48. The minimum absolute atomic E-state index is 0.0970. The highest BCUT2D eigenvalue weighted by molar-refractivity contribution is 7.99. The van der Waals surface area contributed by atoms with Gasteiger partial charge in [0.25, 0.3) is 0 Å². The predicted octanol–water partition coefficient (Wildman–Crippen LogP) is 3.38. The molecule has 0 aromatic carbocycles. The van der Waals surface area contributed by atoms with Crippen LogP contribution in [0, 0.1) is 0 Å². The number of nitrogens with one attached hydrogen (secondary N) is 1. The van der Waals surface area contributed by atoms with Crippen LogP contribution in [0.5, 0.6) is 0 Å². The molecule has 1 rings (SSSR count). The summed E-state index contributed by atoms with van der Waals surface area (Å²) in [6.45, 7) is 4.19. The van der Waals surface area contributed by atoms with E-state index in [0.29, 0.717) is 10.8 Å². The van der Waals surface area contributed by atoms with E-state index < -0.39 is 5.97 Å². The number of aromatic carboxylic acids is 1. The first-order valence-corrected chi connectivity index (χ1v) is 7.31. The van der Waals surface area contributed by atoms with Crippen LogP contribution in [0.25, 0.3) is 0 Å². The highest BCUT2D eigenvalue weighted by Gasteiger charge is 2.10. The molecule has 1 atom stereocenters. The van der Waals surface area contributed by atoms with Crippen LogP contribution >= 0.6 is 23.4 Å². The van der Waals surface area contributed by atoms with Gasteiger partial charge in [0.15, 0.2) is 0 Å². The Bertz CT molecular complexity index is 415. The van der Waals surface area contributed by atoms with Crippen molar-refractivity contribution in [1.82, 2.24) is 4.98 Å². The molecule has 2 N–H and O–H groups in total. The number of carboxylic acid groups (broad SMARTS) is 1. The quantitative estimate of drug-likeness (QED) is 0.753. The number of pyridine rings is 1. The lowest BCUT2D eigenvalue weighted by atomic mass is 10.2. The lowest BCUT2D eigenvalue weighted by Gasteiger charge is -2.15. The van der Waals surface area contributed by atoms with Crippen molar-refractivity contribution in [2.24, 2.45) is 0 Å². The lowest BCUT2D eigenvalue weighted by Crippen LogP contribution is -2.17. The predicted molar refractivity (Wildman–Crippen MR) is 76.9 cm³/mol. The molecule has 0 saturated carbocycles. The molecule has 1 aromatic rings. The zero-order valence-corrected chi connectivity index (χ0v) is 12.0. The van der Waals surface area contributed by atoms with Crippen LogP contribution in [0.1, 0.15) is 30.6 Å². The van der Waals surface area contributed by atoms with Crippen molar-refractivity contribution in [3.05, 3.63) is 22.8 Å². The van der Waals surface area contributed by atoms with Gasteiger partial charge in [-0.05, 0) is 30.9 Å². The molecule has 0 fully saturated rings. The molecule has 0 aliphatic rings. The number of anilines is 1.